The molecule has 1 heterocycles. The maximum Gasteiger partial charge on any atom is 0.123 e. The van der Waals surface area contributed by atoms with E-state index in [-0.39, 0.29) is 11.9 Å². The summed E-state index contributed by atoms with van der Waals surface area (Å²) >= 11 is 1.63. The normalized spacial score (nSPS) is 13.2. The molecule has 1 N–H and O–H groups in total. The van der Waals surface area contributed by atoms with Gasteiger partial charge in [0.2, 0.25) is 0 Å². The number of nitrogens with zero attached hydrogens (tertiary/aromatic N) is 1. The quantitative estimate of drug-likeness (QED) is 0.878. The molecule has 4 heteroatoms. The van der Waals surface area contributed by atoms with Gasteiger partial charge in [-0.1, -0.05) is 26.0 Å². The summed E-state index contributed by atoms with van der Waals surface area (Å²) in [4.78, 5) is 4.70. The molecule has 2 aromatic rings. The van der Waals surface area contributed by atoms with Crippen molar-refractivity contribution in [2.45, 2.75) is 45.7 Å². The predicted molar refractivity (Wildman–Crippen MR) is 82.7 cm³/mol. The number of aromatic nitrogens is 1. The average molecular weight is 292 g/mol. The molecule has 0 radical (unpaired) electrons. The summed E-state index contributed by atoms with van der Waals surface area (Å²) in [5.74, 6) is 0.200. The van der Waals surface area contributed by atoms with E-state index in [9.17, 15) is 4.39 Å². The Morgan fingerprint density at radius 3 is 2.50 bits per heavy atom. The van der Waals surface area contributed by atoms with Crippen LogP contribution in [0.1, 0.15) is 55.9 Å². The van der Waals surface area contributed by atoms with Crippen LogP contribution in [0.3, 0.4) is 0 Å². The number of rotatable bonds is 5. The summed E-state index contributed by atoms with van der Waals surface area (Å²) in [5, 5.41) is 6.56. The Morgan fingerprint density at radius 2 is 1.95 bits per heavy atom. The molecule has 108 valence electrons. The Kier molecular flexibility index (Phi) is 4.89. The third-order valence-electron chi connectivity index (χ3n) is 3.06. The van der Waals surface area contributed by atoms with Crippen LogP contribution < -0.4 is 5.32 Å². The van der Waals surface area contributed by atoms with Crippen LogP contribution in [0.15, 0.2) is 29.6 Å². The van der Waals surface area contributed by atoms with Crippen molar-refractivity contribution >= 4 is 11.3 Å². The number of benzene rings is 1. The molecule has 0 fully saturated rings. The molecule has 0 saturated carbocycles. The molecule has 1 atom stereocenters. The van der Waals surface area contributed by atoms with Crippen LogP contribution in [0.25, 0.3) is 0 Å². The molecule has 1 aromatic carbocycles. The lowest BCUT2D eigenvalue weighted by Crippen LogP contribution is -2.29. The number of halogens is 1. The van der Waals surface area contributed by atoms with Gasteiger partial charge in [-0.2, -0.15) is 0 Å². The minimum Gasteiger partial charge on any atom is -0.302 e. The molecule has 0 spiro atoms. The second kappa shape index (κ2) is 6.46. The monoisotopic (exact) mass is 292 g/mol. The molecule has 2 nitrogen and oxygen atoms in total. The molecular formula is C16H21FN2S. The number of hydrogen-bond donors (Lipinski definition) is 1. The van der Waals surface area contributed by atoms with E-state index in [1.807, 2.05) is 6.07 Å². The van der Waals surface area contributed by atoms with E-state index in [1.54, 1.807) is 23.5 Å². The lowest BCUT2D eigenvalue weighted by molar-refractivity contribution is 0.522. The fourth-order valence-electron chi connectivity index (χ4n) is 2.03. The Labute approximate surface area is 124 Å². The highest BCUT2D eigenvalue weighted by atomic mass is 32.1. The first-order valence-electron chi connectivity index (χ1n) is 6.94. The van der Waals surface area contributed by atoms with Gasteiger partial charge in [0.1, 0.15) is 10.8 Å². The van der Waals surface area contributed by atoms with Crippen molar-refractivity contribution in [3.05, 3.63) is 51.7 Å². The van der Waals surface area contributed by atoms with Gasteiger partial charge in [0.15, 0.2) is 0 Å². The lowest BCUT2D eigenvalue weighted by atomic mass is 10.1. The third-order valence-corrected chi connectivity index (χ3v) is 3.99. The van der Waals surface area contributed by atoms with Crippen molar-refractivity contribution in [1.29, 1.82) is 0 Å². The van der Waals surface area contributed by atoms with Crippen molar-refractivity contribution in [3.63, 3.8) is 0 Å². The fourth-order valence-corrected chi connectivity index (χ4v) is 3.09. The molecule has 1 aromatic heterocycles. The summed E-state index contributed by atoms with van der Waals surface area (Å²) in [5.41, 5.74) is 2.01. The lowest BCUT2D eigenvalue weighted by Gasteiger charge is -2.20. The van der Waals surface area contributed by atoms with Crippen molar-refractivity contribution in [2.75, 3.05) is 0 Å². The van der Waals surface area contributed by atoms with E-state index in [0.29, 0.717) is 12.0 Å². The maximum atomic E-state index is 13.5. The van der Waals surface area contributed by atoms with Gasteiger partial charge in [0.05, 0.1) is 11.7 Å². The van der Waals surface area contributed by atoms with E-state index < -0.39 is 0 Å². The summed E-state index contributed by atoms with van der Waals surface area (Å²) in [7, 11) is 0. The first kappa shape index (κ1) is 15.1. The zero-order chi connectivity index (χ0) is 14.7. The molecule has 0 amide bonds. The van der Waals surface area contributed by atoms with Crippen LogP contribution in [-0.4, -0.2) is 11.0 Å². The average Bonchev–Trinajstić information content (AvgIpc) is 2.85. The number of hydrogen-bond acceptors (Lipinski definition) is 3. The molecular weight excluding hydrogens is 271 g/mol. The van der Waals surface area contributed by atoms with Crippen LogP contribution in [0, 0.1) is 5.82 Å². The van der Waals surface area contributed by atoms with Crippen LogP contribution in [0.2, 0.25) is 0 Å². The summed E-state index contributed by atoms with van der Waals surface area (Å²) in [6.07, 6.45) is 0. The van der Waals surface area contributed by atoms with Crippen LogP contribution >= 0.6 is 11.3 Å². The highest BCUT2D eigenvalue weighted by Gasteiger charge is 2.19. The molecule has 0 aliphatic carbocycles. The molecule has 0 bridgehead atoms. The first-order chi connectivity index (χ1) is 9.47. The first-order valence-corrected chi connectivity index (χ1v) is 7.82. The van der Waals surface area contributed by atoms with Crippen molar-refractivity contribution in [3.8, 4) is 0 Å². The second-order valence-electron chi connectivity index (χ2n) is 5.57. The van der Waals surface area contributed by atoms with Crippen LogP contribution in [-0.2, 0) is 0 Å². The van der Waals surface area contributed by atoms with Gasteiger partial charge >= 0.3 is 0 Å². The summed E-state index contributed by atoms with van der Waals surface area (Å²) in [6, 6.07) is 6.99. The highest BCUT2D eigenvalue weighted by Crippen LogP contribution is 2.28. The number of thiazole rings is 1. The van der Waals surface area contributed by atoms with E-state index in [2.05, 4.69) is 38.4 Å². The Morgan fingerprint density at radius 1 is 1.20 bits per heavy atom. The van der Waals surface area contributed by atoms with Crippen molar-refractivity contribution < 1.29 is 4.39 Å². The van der Waals surface area contributed by atoms with Gasteiger partial charge in [-0.25, -0.2) is 9.37 Å². The largest absolute Gasteiger partial charge is 0.302 e. The SMILES string of the molecule is CC(C)NC(c1cccc(F)c1)c1nc(C(C)C)cs1. The molecule has 20 heavy (non-hydrogen) atoms. The summed E-state index contributed by atoms with van der Waals surface area (Å²) < 4.78 is 13.5. The van der Waals surface area contributed by atoms with Gasteiger partial charge in [-0.3, -0.25) is 0 Å². The van der Waals surface area contributed by atoms with Crippen LogP contribution in [0.4, 0.5) is 4.39 Å². The highest BCUT2D eigenvalue weighted by molar-refractivity contribution is 7.09. The van der Waals surface area contributed by atoms with E-state index >= 15 is 0 Å². The molecule has 2 rings (SSSR count). The summed E-state index contributed by atoms with van der Waals surface area (Å²) in [6.45, 7) is 8.43. The van der Waals surface area contributed by atoms with Gasteiger partial charge < -0.3 is 5.32 Å². The zero-order valence-corrected chi connectivity index (χ0v) is 13.2. The molecule has 0 saturated heterocycles. The standard InChI is InChI=1S/C16H21FN2S/c1-10(2)14-9-20-16(19-14)15(18-11(3)4)12-6-5-7-13(17)8-12/h5-11,15,18H,1-4H3. The second-order valence-corrected chi connectivity index (χ2v) is 6.46. The molecule has 0 aliphatic heterocycles. The minimum atomic E-state index is -0.210. The fraction of sp³-hybridized carbons (Fsp3) is 0.438. The van der Waals surface area contributed by atoms with Crippen molar-refractivity contribution in [2.24, 2.45) is 0 Å². The van der Waals surface area contributed by atoms with E-state index in [4.69, 9.17) is 4.98 Å². The maximum absolute atomic E-state index is 13.5. The smallest absolute Gasteiger partial charge is 0.123 e. The zero-order valence-electron chi connectivity index (χ0n) is 12.4. The Balaban J connectivity index is 2.36. The van der Waals surface area contributed by atoms with Crippen molar-refractivity contribution in [1.82, 2.24) is 10.3 Å². The van der Waals surface area contributed by atoms with Gasteiger partial charge in [0.25, 0.3) is 0 Å². The molecule has 1 unspecified atom stereocenters. The third kappa shape index (κ3) is 3.64. The van der Waals surface area contributed by atoms with E-state index in [1.165, 1.54) is 6.07 Å². The Hall–Kier alpha value is -1.26. The number of nitrogens with one attached hydrogen (secondary N) is 1. The van der Waals surface area contributed by atoms with Gasteiger partial charge in [0, 0.05) is 11.4 Å². The predicted octanol–water partition coefficient (Wildman–Crippen LogP) is 4.49. The Bertz CT molecular complexity index is 563. The topological polar surface area (TPSA) is 24.9 Å². The molecule has 0 aliphatic rings. The van der Waals surface area contributed by atoms with Gasteiger partial charge in [-0.05, 0) is 37.5 Å². The van der Waals surface area contributed by atoms with Gasteiger partial charge in [-0.15, -0.1) is 11.3 Å². The van der Waals surface area contributed by atoms with Crippen LogP contribution in [0.5, 0.6) is 0 Å². The van der Waals surface area contributed by atoms with E-state index in [0.717, 1.165) is 16.3 Å². The minimum absolute atomic E-state index is 0.0526.